The fourth-order valence-corrected chi connectivity index (χ4v) is 6.69. The van der Waals surface area contributed by atoms with Crippen LogP contribution in [0.2, 0.25) is 0 Å². The molecule has 0 aliphatic heterocycles. The van der Waals surface area contributed by atoms with Crippen molar-refractivity contribution in [1.82, 2.24) is 0 Å². The fourth-order valence-electron chi connectivity index (χ4n) is 4.95. The van der Waals surface area contributed by atoms with Crippen molar-refractivity contribution >= 4 is 13.3 Å². The average molecular weight is 494 g/mol. The van der Waals surface area contributed by atoms with E-state index in [1.807, 2.05) is 0 Å². The average Bonchev–Trinajstić information content (AvgIpc) is 2.79. The summed E-state index contributed by atoms with van der Waals surface area (Å²) in [6.45, 7) is 11.2. The number of unbranched alkanes of at least 4 members (excludes halogenated alkanes) is 8. The molecular weight excluding hydrogens is 443 g/mol. The minimum absolute atomic E-state index is 0.112. The van der Waals surface area contributed by atoms with Crippen LogP contribution >= 0.6 is 7.80 Å². The molecule has 0 heterocycles. The van der Waals surface area contributed by atoms with E-state index < -0.39 is 7.80 Å². The lowest BCUT2D eigenvalue weighted by Crippen LogP contribution is -2.17. The van der Waals surface area contributed by atoms with Gasteiger partial charge in [0.2, 0.25) is 0 Å². The summed E-state index contributed by atoms with van der Waals surface area (Å²) in [6, 6.07) is 5.25. The SMILES string of the molecule is CCCCCCCCCCCC(CC(C)CC(C)(C)C)[P+](=O)C(=O)c1c(OC)cccc1OC. The van der Waals surface area contributed by atoms with E-state index in [1.165, 1.54) is 59.2 Å². The van der Waals surface area contributed by atoms with Crippen molar-refractivity contribution in [2.45, 2.75) is 117 Å². The summed E-state index contributed by atoms with van der Waals surface area (Å²) in [5.74, 6) is 1.27. The van der Waals surface area contributed by atoms with Crippen LogP contribution in [0.3, 0.4) is 0 Å². The Bertz CT molecular complexity index is 716. The molecule has 0 aliphatic rings. The lowest BCUT2D eigenvalue weighted by molar-refractivity contribution is 0.107. The highest BCUT2D eigenvalue weighted by molar-refractivity contribution is 7.65. The largest absolute Gasteiger partial charge is 0.496 e. The lowest BCUT2D eigenvalue weighted by Gasteiger charge is -2.24. The molecule has 0 aliphatic carbocycles. The van der Waals surface area contributed by atoms with Crippen LogP contribution in [-0.4, -0.2) is 25.4 Å². The zero-order chi connectivity index (χ0) is 25.6. The van der Waals surface area contributed by atoms with E-state index in [-0.39, 0.29) is 16.6 Å². The van der Waals surface area contributed by atoms with Gasteiger partial charge in [0.1, 0.15) is 11.5 Å². The second-order valence-electron chi connectivity index (χ2n) is 11.0. The zero-order valence-corrected chi connectivity index (χ0v) is 23.8. The van der Waals surface area contributed by atoms with Crippen LogP contribution in [0.25, 0.3) is 0 Å². The molecule has 3 unspecified atom stereocenters. The summed E-state index contributed by atoms with van der Waals surface area (Å²) >= 11 is 0. The first-order valence-corrected chi connectivity index (χ1v) is 14.7. The van der Waals surface area contributed by atoms with Gasteiger partial charge in [0.05, 0.1) is 14.2 Å². The molecule has 1 aromatic rings. The zero-order valence-electron chi connectivity index (χ0n) is 23.0. The van der Waals surface area contributed by atoms with Gasteiger partial charge in [-0.05, 0) is 49.1 Å². The van der Waals surface area contributed by atoms with Crippen molar-refractivity contribution < 1.29 is 18.8 Å². The molecule has 0 bridgehead atoms. The topological polar surface area (TPSA) is 52.6 Å². The Hall–Kier alpha value is -1.41. The Kier molecular flexibility index (Phi) is 14.7. The first-order valence-electron chi connectivity index (χ1n) is 13.4. The van der Waals surface area contributed by atoms with Crippen molar-refractivity contribution in [3.63, 3.8) is 0 Å². The second kappa shape index (κ2) is 16.3. The van der Waals surface area contributed by atoms with Gasteiger partial charge in [-0.1, -0.05) is 96.6 Å². The number of ether oxygens (including phenoxy) is 2. The van der Waals surface area contributed by atoms with Gasteiger partial charge in [-0.3, -0.25) is 0 Å². The fraction of sp³-hybridized carbons (Fsp3) is 0.759. The third-order valence-corrected chi connectivity index (χ3v) is 8.21. The van der Waals surface area contributed by atoms with E-state index in [0.29, 0.717) is 23.0 Å². The summed E-state index contributed by atoms with van der Waals surface area (Å²) < 4.78 is 24.5. The number of rotatable bonds is 18. The maximum Gasteiger partial charge on any atom is 0.423 e. The van der Waals surface area contributed by atoms with Gasteiger partial charge in [0.25, 0.3) is 0 Å². The molecule has 3 atom stereocenters. The molecule has 194 valence electrons. The van der Waals surface area contributed by atoms with Gasteiger partial charge < -0.3 is 9.47 Å². The number of hydrogen-bond donors (Lipinski definition) is 0. The van der Waals surface area contributed by atoms with Crippen LogP contribution in [0.4, 0.5) is 0 Å². The van der Waals surface area contributed by atoms with Crippen LogP contribution < -0.4 is 9.47 Å². The molecule has 0 fully saturated rings. The van der Waals surface area contributed by atoms with Gasteiger partial charge in [0, 0.05) is 0 Å². The van der Waals surface area contributed by atoms with Gasteiger partial charge >= 0.3 is 13.3 Å². The molecule has 0 spiro atoms. The highest BCUT2D eigenvalue weighted by Gasteiger charge is 2.42. The van der Waals surface area contributed by atoms with E-state index in [2.05, 4.69) is 34.6 Å². The molecule has 1 rings (SSSR count). The van der Waals surface area contributed by atoms with Gasteiger partial charge in [-0.2, -0.15) is 0 Å². The minimum atomic E-state index is -2.08. The van der Waals surface area contributed by atoms with Crippen molar-refractivity contribution in [2.75, 3.05) is 14.2 Å². The van der Waals surface area contributed by atoms with E-state index in [4.69, 9.17) is 9.47 Å². The van der Waals surface area contributed by atoms with Crippen molar-refractivity contribution in [2.24, 2.45) is 11.3 Å². The molecule has 4 nitrogen and oxygen atoms in total. The molecule has 5 heteroatoms. The smallest absolute Gasteiger partial charge is 0.423 e. The standard InChI is InChI=1S/C29H50O4P/c1-8-9-10-11-12-13-14-15-16-18-24(21-23(2)22-29(3,4)5)34(31)28(30)27-25(32-6)19-17-20-26(27)33-7/h17,19-20,23-24H,8-16,18,21-22H2,1-7H3/q+1. The number of methoxy groups -OCH3 is 2. The Morgan fingerprint density at radius 1 is 0.912 bits per heavy atom. The third kappa shape index (κ3) is 11.3. The number of carbonyl (C=O) groups excluding carboxylic acids is 1. The van der Waals surface area contributed by atoms with Crippen LogP contribution in [0.5, 0.6) is 11.5 Å². The summed E-state index contributed by atoms with van der Waals surface area (Å²) in [5.41, 5.74) is 0.0739. The Morgan fingerprint density at radius 2 is 1.41 bits per heavy atom. The molecule has 0 N–H and O–H groups in total. The first kappa shape index (κ1) is 30.6. The minimum Gasteiger partial charge on any atom is -0.496 e. The maximum atomic E-state index is 13.6. The maximum absolute atomic E-state index is 13.6. The Balaban J connectivity index is 2.84. The van der Waals surface area contributed by atoms with Crippen LogP contribution in [0.1, 0.15) is 122 Å². The number of hydrogen-bond acceptors (Lipinski definition) is 4. The quantitative estimate of drug-likeness (QED) is 0.151. The van der Waals surface area contributed by atoms with E-state index in [9.17, 15) is 9.36 Å². The normalized spacial score (nSPS) is 13.9. The Labute approximate surface area is 210 Å². The number of benzene rings is 1. The van der Waals surface area contributed by atoms with Gasteiger partial charge in [0.15, 0.2) is 11.2 Å². The Morgan fingerprint density at radius 3 is 1.88 bits per heavy atom. The van der Waals surface area contributed by atoms with Crippen LogP contribution in [0.15, 0.2) is 18.2 Å². The second-order valence-corrected chi connectivity index (χ2v) is 12.8. The van der Waals surface area contributed by atoms with Crippen LogP contribution in [0, 0.1) is 11.3 Å². The summed E-state index contributed by atoms with van der Waals surface area (Å²) in [4.78, 5) is 13.4. The van der Waals surface area contributed by atoms with Gasteiger partial charge in [-0.15, -0.1) is 0 Å². The molecule has 0 saturated heterocycles. The third-order valence-electron chi connectivity index (χ3n) is 6.45. The molecule has 0 amide bonds. The lowest BCUT2D eigenvalue weighted by atomic mass is 9.83. The number of carbonyl (C=O) groups is 1. The van der Waals surface area contributed by atoms with Gasteiger partial charge in [-0.25, -0.2) is 4.79 Å². The van der Waals surface area contributed by atoms with E-state index >= 15 is 0 Å². The molecule has 0 saturated carbocycles. The van der Waals surface area contributed by atoms with Crippen molar-refractivity contribution in [3.05, 3.63) is 23.8 Å². The summed E-state index contributed by atoms with van der Waals surface area (Å²) in [5, 5.41) is 0. The first-order chi connectivity index (χ1) is 16.1. The highest BCUT2D eigenvalue weighted by Crippen LogP contribution is 2.44. The highest BCUT2D eigenvalue weighted by atomic mass is 31.1. The molecule has 1 aromatic carbocycles. The summed E-state index contributed by atoms with van der Waals surface area (Å²) in [6.07, 6.45) is 14.0. The predicted molar refractivity (Wildman–Crippen MR) is 145 cm³/mol. The van der Waals surface area contributed by atoms with Crippen molar-refractivity contribution in [3.8, 4) is 11.5 Å². The molecular formula is C29H50O4P+. The molecule has 0 aromatic heterocycles. The molecule has 0 radical (unpaired) electrons. The van der Waals surface area contributed by atoms with Crippen LogP contribution in [-0.2, 0) is 4.57 Å². The summed E-state index contributed by atoms with van der Waals surface area (Å²) in [7, 11) is 0.980. The monoisotopic (exact) mass is 493 g/mol. The molecule has 34 heavy (non-hydrogen) atoms. The predicted octanol–water partition coefficient (Wildman–Crippen LogP) is 9.42. The van der Waals surface area contributed by atoms with E-state index in [1.54, 1.807) is 18.2 Å². The van der Waals surface area contributed by atoms with E-state index in [0.717, 1.165) is 32.1 Å². The van der Waals surface area contributed by atoms with Crippen molar-refractivity contribution in [1.29, 1.82) is 0 Å².